The van der Waals surface area contributed by atoms with E-state index in [9.17, 15) is 4.79 Å². The molecule has 1 aromatic carbocycles. The summed E-state index contributed by atoms with van der Waals surface area (Å²) in [6.45, 7) is 0. The standard InChI is InChI=1S/C13H21ClGeOS/c1-15(2,3)13(17(4,5)14)12(16)11-9-7-6-8-10-11/h6-10,13H,1-5H3. The predicted octanol–water partition coefficient (Wildman–Crippen LogP) is 4.33. The molecule has 0 radical (unpaired) electrons. The van der Waals surface area contributed by atoms with Crippen molar-refractivity contribution in [3.63, 3.8) is 0 Å². The quantitative estimate of drug-likeness (QED) is 0.592. The first-order chi connectivity index (χ1) is 7.64. The number of hydrogen-bond acceptors (Lipinski definition) is 1. The van der Waals surface area contributed by atoms with Crippen LogP contribution < -0.4 is 0 Å². The fraction of sp³-hybridized carbons (Fsp3) is 0.462. The Kier molecular flexibility index (Phi) is 4.78. The minimum absolute atomic E-state index is 0.0616. The molecule has 0 aliphatic carbocycles. The maximum atomic E-state index is 12.6. The van der Waals surface area contributed by atoms with Gasteiger partial charge in [0.2, 0.25) is 0 Å². The summed E-state index contributed by atoms with van der Waals surface area (Å²) in [4.78, 5) is 12.6. The molecule has 1 nitrogen and oxygen atoms in total. The third-order valence-corrected chi connectivity index (χ3v) is 16.7. The van der Waals surface area contributed by atoms with Gasteiger partial charge in [-0.05, 0) is 0 Å². The molecule has 1 atom stereocenters. The Balaban J connectivity index is 3.14. The van der Waals surface area contributed by atoms with Crippen LogP contribution in [0.25, 0.3) is 0 Å². The van der Waals surface area contributed by atoms with Gasteiger partial charge in [0.1, 0.15) is 0 Å². The molecule has 1 rings (SSSR count). The summed E-state index contributed by atoms with van der Waals surface area (Å²) in [6.07, 6.45) is 4.08. The van der Waals surface area contributed by atoms with E-state index in [1.165, 1.54) is 0 Å². The normalized spacial score (nSPS) is 15.4. The molecule has 0 saturated carbocycles. The van der Waals surface area contributed by atoms with Crippen molar-refractivity contribution in [3.8, 4) is 0 Å². The first kappa shape index (κ1) is 15.1. The molecule has 0 aliphatic rings. The van der Waals surface area contributed by atoms with Crippen LogP contribution in [0.2, 0.25) is 17.3 Å². The van der Waals surface area contributed by atoms with Crippen molar-refractivity contribution in [1.82, 2.24) is 0 Å². The Morgan fingerprint density at radius 3 is 2.00 bits per heavy atom. The van der Waals surface area contributed by atoms with Crippen LogP contribution in [0, 0.1) is 0 Å². The molecule has 1 aromatic rings. The Morgan fingerprint density at radius 1 is 1.18 bits per heavy atom. The van der Waals surface area contributed by atoms with Crippen LogP contribution in [0.4, 0.5) is 0 Å². The average Bonchev–Trinajstić information content (AvgIpc) is 2.14. The van der Waals surface area contributed by atoms with Crippen LogP contribution in [0.3, 0.4) is 0 Å². The molecule has 0 aromatic heterocycles. The molecule has 17 heavy (non-hydrogen) atoms. The van der Waals surface area contributed by atoms with Gasteiger partial charge in [-0.3, -0.25) is 0 Å². The molecule has 0 spiro atoms. The monoisotopic (exact) mass is 334 g/mol. The molecule has 0 heterocycles. The molecule has 0 bridgehead atoms. The number of hydrogen-bond donors (Lipinski definition) is 0. The topological polar surface area (TPSA) is 17.1 Å². The SMILES string of the molecule is CS(C)(Cl)[CH](C(=O)c1ccccc1)[Ge]([CH3])([CH3])[CH3]. The zero-order valence-electron chi connectivity index (χ0n) is 11.2. The van der Waals surface area contributed by atoms with Crippen molar-refractivity contribution in [3.05, 3.63) is 35.9 Å². The van der Waals surface area contributed by atoms with Gasteiger partial charge >= 0.3 is 114 Å². The van der Waals surface area contributed by atoms with E-state index in [0.29, 0.717) is 0 Å². The zero-order chi connectivity index (χ0) is 13.3. The van der Waals surface area contributed by atoms with Gasteiger partial charge in [-0.2, -0.15) is 0 Å². The molecule has 0 amide bonds. The number of ketones is 1. The summed E-state index contributed by atoms with van der Waals surface area (Å²) in [5.41, 5.74) is 0.805. The summed E-state index contributed by atoms with van der Waals surface area (Å²) in [6, 6.07) is 9.55. The minimum atomic E-state index is -2.14. The van der Waals surface area contributed by atoms with E-state index in [-0.39, 0.29) is 9.87 Å². The molecule has 1 unspecified atom stereocenters. The van der Waals surface area contributed by atoms with E-state index in [2.05, 4.69) is 17.3 Å². The second-order valence-electron chi connectivity index (χ2n) is 5.75. The molecular formula is C13H21ClGeOS. The molecule has 96 valence electrons. The number of Topliss-reactive ketones (excluding diaryl/α,β-unsaturated/α-hetero) is 1. The van der Waals surface area contributed by atoms with Crippen LogP contribution in [0.5, 0.6) is 0 Å². The molecule has 0 saturated heterocycles. The van der Waals surface area contributed by atoms with E-state index >= 15 is 0 Å². The van der Waals surface area contributed by atoms with Crippen molar-refractivity contribution in [2.24, 2.45) is 0 Å². The molecule has 0 N–H and O–H groups in total. The first-order valence-electron chi connectivity index (χ1n) is 5.65. The number of rotatable bonds is 4. The first-order valence-corrected chi connectivity index (χ1v) is 16.5. The fourth-order valence-electron chi connectivity index (χ4n) is 2.24. The molecule has 0 fully saturated rings. The molecular weight excluding hydrogens is 312 g/mol. The number of halogens is 1. The summed E-state index contributed by atoms with van der Waals surface area (Å²) in [5, 5.41) is 0. The second kappa shape index (κ2) is 5.37. The van der Waals surface area contributed by atoms with Gasteiger partial charge in [-0.25, -0.2) is 0 Å². The Morgan fingerprint density at radius 2 is 1.65 bits per heavy atom. The number of benzene rings is 1. The van der Waals surface area contributed by atoms with Gasteiger partial charge < -0.3 is 0 Å². The second-order valence-corrected chi connectivity index (χ2v) is 23.2. The summed E-state index contributed by atoms with van der Waals surface area (Å²) < 4.78 is 0.0616. The van der Waals surface area contributed by atoms with Gasteiger partial charge in [-0.1, -0.05) is 0 Å². The molecule has 4 heteroatoms. The zero-order valence-corrected chi connectivity index (χ0v) is 14.8. The van der Waals surface area contributed by atoms with Crippen molar-refractivity contribution in [2.75, 3.05) is 12.5 Å². The summed E-state index contributed by atoms with van der Waals surface area (Å²) in [5.74, 6) is 7.04. The Labute approximate surface area is 113 Å². The van der Waals surface area contributed by atoms with Gasteiger partial charge in [0, 0.05) is 0 Å². The van der Waals surface area contributed by atoms with E-state index < -0.39 is 22.5 Å². The van der Waals surface area contributed by atoms with Gasteiger partial charge in [0.15, 0.2) is 0 Å². The van der Waals surface area contributed by atoms with Crippen molar-refractivity contribution >= 4 is 39.0 Å². The van der Waals surface area contributed by atoms with Gasteiger partial charge in [-0.15, -0.1) is 0 Å². The summed E-state index contributed by atoms with van der Waals surface area (Å²) in [7, 11) is 5.17. The average molecular weight is 333 g/mol. The maximum absolute atomic E-state index is 12.6. The number of carbonyl (C=O) groups excluding carboxylic acids is 1. The Hall–Kier alpha value is 0.0729. The Bertz CT molecular complexity index is 378. The van der Waals surface area contributed by atoms with E-state index in [1.54, 1.807) is 0 Å². The van der Waals surface area contributed by atoms with Crippen LogP contribution >= 0.6 is 19.9 Å². The third-order valence-electron chi connectivity index (χ3n) is 2.64. The fourth-order valence-corrected chi connectivity index (χ4v) is 21.6. The van der Waals surface area contributed by atoms with Crippen LogP contribution in [-0.4, -0.2) is 35.6 Å². The summed E-state index contributed by atoms with van der Waals surface area (Å²) >= 11 is -2.14. The number of carbonyl (C=O) groups is 1. The van der Waals surface area contributed by atoms with E-state index in [1.807, 2.05) is 42.8 Å². The van der Waals surface area contributed by atoms with Crippen LogP contribution in [-0.2, 0) is 0 Å². The van der Waals surface area contributed by atoms with Crippen molar-refractivity contribution in [2.45, 2.75) is 21.4 Å². The van der Waals surface area contributed by atoms with Gasteiger partial charge in [0.05, 0.1) is 0 Å². The third kappa shape index (κ3) is 4.04. The van der Waals surface area contributed by atoms with Crippen LogP contribution in [0.1, 0.15) is 10.4 Å². The van der Waals surface area contributed by atoms with Crippen LogP contribution in [0.15, 0.2) is 30.3 Å². The van der Waals surface area contributed by atoms with E-state index in [0.717, 1.165) is 5.56 Å². The molecule has 0 aliphatic heterocycles. The van der Waals surface area contributed by atoms with Crippen molar-refractivity contribution in [1.29, 1.82) is 0 Å². The predicted molar refractivity (Wildman–Crippen MR) is 83.2 cm³/mol. The van der Waals surface area contributed by atoms with E-state index in [4.69, 9.17) is 10.7 Å². The van der Waals surface area contributed by atoms with Crippen molar-refractivity contribution < 1.29 is 4.79 Å². The van der Waals surface area contributed by atoms with Gasteiger partial charge in [0.25, 0.3) is 0 Å².